The lowest BCUT2D eigenvalue weighted by Gasteiger charge is -2.31. The zero-order chi connectivity index (χ0) is 14.5. The van der Waals surface area contributed by atoms with Gasteiger partial charge in [0, 0.05) is 32.2 Å². The van der Waals surface area contributed by atoms with E-state index in [0.717, 1.165) is 12.8 Å². The van der Waals surface area contributed by atoms with Crippen molar-refractivity contribution in [1.82, 2.24) is 10.2 Å². The largest absolute Gasteiger partial charge is 0.457 e. The van der Waals surface area contributed by atoms with Crippen molar-refractivity contribution in [2.75, 3.05) is 26.2 Å². The predicted molar refractivity (Wildman–Crippen MR) is 84.3 cm³/mol. The van der Waals surface area contributed by atoms with Crippen molar-refractivity contribution in [3.63, 3.8) is 0 Å². The van der Waals surface area contributed by atoms with Gasteiger partial charge in [-0.3, -0.25) is 9.59 Å². The summed E-state index contributed by atoms with van der Waals surface area (Å²) in [5.41, 5.74) is 5.87. The Morgan fingerprint density at radius 1 is 1.52 bits per heavy atom. The summed E-state index contributed by atoms with van der Waals surface area (Å²) in [6, 6.07) is 1.64. The van der Waals surface area contributed by atoms with Crippen LogP contribution in [0.5, 0.6) is 0 Å². The van der Waals surface area contributed by atoms with Gasteiger partial charge >= 0.3 is 0 Å². The Hall–Kier alpha value is -1.05. The molecule has 2 amide bonds. The normalized spacial score (nSPS) is 18.0. The van der Waals surface area contributed by atoms with E-state index in [1.165, 1.54) is 6.26 Å². The zero-order valence-corrected chi connectivity index (χ0v) is 13.9. The number of likely N-dealkylation sites (tertiary alicyclic amines) is 1. The smallest absolute Gasteiger partial charge is 0.257 e. The highest BCUT2D eigenvalue weighted by Gasteiger charge is 2.29. The van der Waals surface area contributed by atoms with Gasteiger partial charge in [0.2, 0.25) is 5.91 Å². The number of hydrogen-bond acceptors (Lipinski definition) is 4. The second-order valence-electron chi connectivity index (χ2n) is 4.81. The molecule has 1 aliphatic heterocycles. The Bertz CT molecular complexity index is 495. The molecule has 2 rings (SSSR count). The van der Waals surface area contributed by atoms with Crippen LogP contribution in [0.3, 0.4) is 0 Å². The van der Waals surface area contributed by atoms with Crippen molar-refractivity contribution in [2.24, 2.45) is 11.7 Å². The summed E-state index contributed by atoms with van der Waals surface area (Å²) >= 11 is 3.17. The van der Waals surface area contributed by atoms with E-state index in [1.807, 2.05) is 0 Å². The van der Waals surface area contributed by atoms with Gasteiger partial charge in [0.1, 0.15) is 6.26 Å². The molecule has 2 heterocycles. The number of carbonyl (C=O) groups is 2. The Balaban J connectivity index is 0.00000220. The van der Waals surface area contributed by atoms with E-state index >= 15 is 0 Å². The minimum Gasteiger partial charge on any atom is -0.457 e. The number of nitrogens with one attached hydrogen (secondary N) is 1. The lowest BCUT2D eigenvalue weighted by molar-refractivity contribution is -0.126. The molecule has 1 unspecified atom stereocenters. The monoisotopic (exact) mass is 379 g/mol. The van der Waals surface area contributed by atoms with Crippen LogP contribution in [0.1, 0.15) is 23.2 Å². The average molecular weight is 381 g/mol. The van der Waals surface area contributed by atoms with E-state index in [0.29, 0.717) is 36.4 Å². The van der Waals surface area contributed by atoms with E-state index in [9.17, 15) is 9.59 Å². The second kappa shape index (κ2) is 8.41. The molecule has 1 saturated heterocycles. The number of nitrogens with zero attached hydrogens (tertiary/aromatic N) is 1. The van der Waals surface area contributed by atoms with Gasteiger partial charge in [0.05, 0.1) is 11.5 Å². The molecule has 0 saturated carbocycles. The van der Waals surface area contributed by atoms with E-state index in [2.05, 4.69) is 21.2 Å². The molecule has 0 aromatic carbocycles. The SMILES string of the molecule is Cl.NCCNC(=O)C1CCCN(C(=O)c2coc(Br)c2)C1. The molecule has 3 N–H and O–H groups in total. The van der Waals surface area contributed by atoms with E-state index in [-0.39, 0.29) is 30.1 Å². The van der Waals surface area contributed by atoms with Crippen LogP contribution in [0.25, 0.3) is 0 Å². The number of amides is 2. The number of hydrogen-bond donors (Lipinski definition) is 2. The van der Waals surface area contributed by atoms with Crippen LogP contribution in [0.4, 0.5) is 0 Å². The number of nitrogens with two attached hydrogens (primary N) is 1. The van der Waals surface area contributed by atoms with Gasteiger partial charge in [0.15, 0.2) is 4.67 Å². The molecular weight excluding hydrogens is 362 g/mol. The highest BCUT2D eigenvalue weighted by Crippen LogP contribution is 2.21. The summed E-state index contributed by atoms with van der Waals surface area (Å²) in [6.07, 6.45) is 3.05. The summed E-state index contributed by atoms with van der Waals surface area (Å²) in [4.78, 5) is 25.9. The lowest BCUT2D eigenvalue weighted by Crippen LogP contribution is -2.46. The Labute approximate surface area is 137 Å². The molecule has 8 heteroatoms. The van der Waals surface area contributed by atoms with Crippen LogP contribution in [-0.4, -0.2) is 42.9 Å². The first kappa shape index (κ1) is 18.0. The molecule has 1 aromatic rings. The average Bonchev–Trinajstić information content (AvgIpc) is 2.90. The van der Waals surface area contributed by atoms with Crippen LogP contribution in [0.15, 0.2) is 21.4 Å². The lowest BCUT2D eigenvalue weighted by atomic mass is 9.96. The highest BCUT2D eigenvalue weighted by atomic mass is 79.9. The summed E-state index contributed by atoms with van der Waals surface area (Å²) in [6.45, 7) is 2.00. The number of piperidine rings is 1. The fourth-order valence-electron chi connectivity index (χ4n) is 2.32. The minimum absolute atomic E-state index is 0. The third-order valence-electron chi connectivity index (χ3n) is 3.34. The Morgan fingerprint density at radius 3 is 2.90 bits per heavy atom. The van der Waals surface area contributed by atoms with Crippen molar-refractivity contribution in [1.29, 1.82) is 0 Å². The minimum atomic E-state index is -0.158. The number of rotatable bonds is 4. The Kier molecular flexibility index (Phi) is 7.21. The fourth-order valence-corrected chi connectivity index (χ4v) is 2.66. The van der Waals surface area contributed by atoms with Crippen molar-refractivity contribution < 1.29 is 14.0 Å². The van der Waals surface area contributed by atoms with E-state index < -0.39 is 0 Å². The van der Waals surface area contributed by atoms with Crippen molar-refractivity contribution >= 4 is 40.2 Å². The van der Waals surface area contributed by atoms with Crippen molar-refractivity contribution in [3.05, 3.63) is 22.6 Å². The predicted octanol–water partition coefficient (Wildman–Crippen LogP) is 1.39. The standard InChI is InChI=1S/C13H18BrN3O3.ClH/c14-11-6-10(8-20-11)13(19)17-5-1-2-9(7-17)12(18)16-4-3-15;/h6,8-9H,1-5,7,15H2,(H,16,18);1H. The van der Waals surface area contributed by atoms with Crippen LogP contribution in [0.2, 0.25) is 0 Å². The van der Waals surface area contributed by atoms with Crippen LogP contribution in [0, 0.1) is 5.92 Å². The Morgan fingerprint density at radius 2 is 2.29 bits per heavy atom. The van der Waals surface area contributed by atoms with Gasteiger partial charge in [0.25, 0.3) is 5.91 Å². The maximum absolute atomic E-state index is 12.3. The second-order valence-corrected chi connectivity index (χ2v) is 5.59. The summed E-state index contributed by atoms with van der Waals surface area (Å²) in [5, 5.41) is 2.78. The topological polar surface area (TPSA) is 88.6 Å². The van der Waals surface area contributed by atoms with Gasteiger partial charge in [-0.2, -0.15) is 0 Å². The molecule has 6 nitrogen and oxygen atoms in total. The maximum atomic E-state index is 12.3. The molecule has 1 fully saturated rings. The first-order valence-corrected chi connectivity index (χ1v) is 7.42. The van der Waals surface area contributed by atoms with Crippen LogP contribution < -0.4 is 11.1 Å². The van der Waals surface area contributed by atoms with Gasteiger partial charge in [-0.15, -0.1) is 12.4 Å². The molecule has 21 heavy (non-hydrogen) atoms. The quantitative estimate of drug-likeness (QED) is 0.826. The molecule has 0 spiro atoms. The first-order valence-electron chi connectivity index (χ1n) is 6.63. The third kappa shape index (κ3) is 4.72. The zero-order valence-electron chi connectivity index (χ0n) is 11.5. The number of halogens is 2. The van der Waals surface area contributed by atoms with Gasteiger partial charge in [-0.05, 0) is 28.8 Å². The number of furan rings is 1. The maximum Gasteiger partial charge on any atom is 0.257 e. The van der Waals surface area contributed by atoms with Gasteiger partial charge in [-0.1, -0.05) is 0 Å². The van der Waals surface area contributed by atoms with Gasteiger partial charge in [-0.25, -0.2) is 0 Å². The molecule has 0 bridgehead atoms. The molecule has 118 valence electrons. The first-order chi connectivity index (χ1) is 9.61. The summed E-state index contributed by atoms with van der Waals surface area (Å²) in [5.74, 6) is -0.285. The van der Waals surface area contributed by atoms with Crippen molar-refractivity contribution in [2.45, 2.75) is 12.8 Å². The van der Waals surface area contributed by atoms with Crippen molar-refractivity contribution in [3.8, 4) is 0 Å². The van der Waals surface area contributed by atoms with E-state index in [1.54, 1.807) is 11.0 Å². The third-order valence-corrected chi connectivity index (χ3v) is 3.75. The fraction of sp³-hybridized carbons (Fsp3) is 0.538. The summed E-state index contributed by atoms with van der Waals surface area (Å²) < 4.78 is 5.60. The van der Waals surface area contributed by atoms with E-state index in [4.69, 9.17) is 10.2 Å². The molecular formula is C13H19BrClN3O3. The summed E-state index contributed by atoms with van der Waals surface area (Å²) in [7, 11) is 0. The van der Waals surface area contributed by atoms with Crippen LogP contribution in [-0.2, 0) is 4.79 Å². The van der Waals surface area contributed by atoms with Gasteiger partial charge < -0.3 is 20.4 Å². The van der Waals surface area contributed by atoms with Crippen LogP contribution >= 0.6 is 28.3 Å². The number of carbonyl (C=O) groups excluding carboxylic acids is 2. The highest BCUT2D eigenvalue weighted by molar-refractivity contribution is 9.10. The molecule has 0 aliphatic carbocycles. The molecule has 1 aromatic heterocycles. The molecule has 0 radical (unpaired) electrons. The molecule has 1 atom stereocenters. The molecule has 1 aliphatic rings.